The van der Waals surface area contributed by atoms with Crippen molar-refractivity contribution in [1.29, 1.82) is 0 Å². The fourth-order valence-electron chi connectivity index (χ4n) is 2.44. The Morgan fingerprint density at radius 2 is 2.10 bits per heavy atom. The number of amides is 1. The van der Waals surface area contributed by atoms with Gasteiger partial charge in [-0.15, -0.1) is 0 Å². The summed E-state index contributed by atoms with van der Waals surface area (Å²) in [5.74, 6) is -0.250. The van der Waals surface area contributed by atoms with E-state index in [4.69, 9.17) is 0 Å². The van der Waals surface area contributed by atoms with Crippen LogP contribution >= 0.6 is 0 Å². The minimum atomic E-state index is -0.250. The minimum Gasteiger partial charge on any atom is -0.281 e. The van der Waals surface area contributed by atoms with Gasteiger partial charge in [0.25, 0.3) is 5.91 Å². The summed E-state index contributed by atoms with van der Waals surface area (Å²) in [4.78, 5) is 12.1. The van der Waals surface area contributed by atoms with Crippen molar-refractivity contribution in [2.75, 3.05) is 0 Å². The molecule has 1 aromatic heterocycles. The lowest BCUT2D eigenvalue weighted by Gasteiger charge is -2.02. The molecule has 2 aromatic rings. The standard InChI is InChI=1S/C15H16N4O/c1-10(11-6-3-2-4-7-11)16-19-15(20)14-12-8-5-9-13(12)17-18-14/h2-4,6-7H,5,8-9H2,1H3,(H,17,18)(H,19,20). The van der Waals surface area contributed by atoms with Gasteiger partial charge in [-0.3, -0.25) is 9.89 Å². The SMILES string of the molecule is CC(=NNC(=O)c1n[nH]c2c1CCC2)c1ccccc1. The Kier molecular flexibility index (Phi) is 3.33. The maximum Gasteiger partial charge on any atom is 0.292 e. The summed E-state index contributed by atoms with van der Waals surface area (Å²) >= 11 is 0. The van der Waals surface area contributed by atoms with Crippen LogP contribution in [0.3, 0.4) is 0 Å². The summed E-state index contributed by atoms with van der Waals surface area (Å²) in [5, 5.41) is 11.1. The number of hydrogen-bond acceptors (Lipinski definition) is 3. The van der Waals surface area contributed by atoms with Crippen molar-refractivity contribution in [1.82, 2.24) is 15.6 Å². The van der Waals surface area contributed by atoms with Crippen LogP contribution in [0.25, 0.3) is 0 Å². The molecule has 1 aliphatic carbocycles. The molecule has 1 aromatic carbocycles. The van der Waals surface area contributed by atoms with Gasteiger partial charge in [0.15, 0.2) is 5.69 Å². The van der Waals surface area contributed by atoms with E-state index in [1.165, 1.54) is 0 Å². The Bertz CT molecular complexity index is 658. The summed E-state index contributed by atoms with van der Waals surface area (Å²) in [7, 11) is 0. The van der Waals surface area contributed by atoms with Crippen LogP contribution in [0.4, 0.5) is 0 Å². The van der Waals surface area contributed by atoms with Crippen LogP contribution in [0.15, 0.2) is 35.4 Å². The van der Waals surface area contributed by atoms with Crippen molar-refractivity contribution in [2.45, 2.75) is 26.2 Å². The number of rotatable bonds is 3. The number of nitrogens with zero attached hydrogens (tertiary/aromatic N) is 2. The molecule has 0 unspecified atom stereocenters. The van der Waals surface area contributed by atoms with Crippen LogP contribution in [0.1, 0.15) is 40.7 Å². The first-order valence-electron chi connectivity index (χ1n) is 6.72. The first-order chi connectivity index (χ1) is 9.75. The average Bonchev–Trinajstić information content (AvgIpc) is 3.08. The molecule has 0 fully saturated rings. The number of H-pyrrole nitrogens is 1. The Labute approximate surface area is 117 Å². The van der Waals surface area contributed by atoms with Crippen LogP contribution in [0, 0.1) is 0 Å². The van der Waals surface area contributed by atoms with Gasteiger partial charge in [0.2, 0.25) is 0 Å². The van der Waals surface area contributed by atoms with Gasteiger partial charge in [-0.05, 0) is 31.7 Å². The number of hydrogen-bond donors (Lipinski definition) is 2. The molecule has 20 heavy (non-hydrogen) atoms. The Morgan fingerprint density at radius 3 is 2.90 bits per heavy atom. The molecule has 0 saturated carbocycles. The predicted octanol–water partition coefficient (Wildman–Crippen LogP) is 2.05. The lowest BCUT2D eigenvalue weighted by molar-refractivity contribution is 0.0949. The molecule has 2 N–H and O–H groups in total. The van der Waals surface area contributed by atoms with E-state index in [2.05, 4.69) is 20.7 Å². The fourth-order valence-corrected chi connectivity index (χ4v) is 2.44. The average molecular weight is 268 g/mol. The number of hydrazone groups is 1. The van der Waals surface area contributed by atoms with Gasteiger partial charge in [-0.2, -0.15) is 10.2 Å². The van der Waals surface area contributed by atoms with Gasteiger partial charge in [0, 0.05) is 11.3 Å². The van der Waals surface area contributed by atoms with Crippen LogP contribution in [0.5, 0.6) is 0 Å². The van der Waals surface area contributed by atoms with Crippen molar-refractivity contribution in [3.8, 4) is 0 Å². The highest BCUT2D eigenvalue weighted by Gasteiger charge is 2.22. The first kappa shape index (κ1) is 12.6. The topological polar surface area (TPSA) is 70.1 Å². The molecule has 5 heteroatoms. The van der Waals surface area contributed by atoms with Crippen LogP contribution in [-0.2, 0) is 12.8 Å². The van der Waals surface area contributed by atoms with E-state index in [0.717, 1.165) is 41.8 Å². The van der Waals surface area contributed by atoms with Crippen molar-refractivity contribution < 1.29 is 4.79 Å². The quantitative estimate of drug-likeness (QED) is 0.660. The second kappa shape index (κ2) is 5.28. The van der Waals surface area contributed by atoms with Crippen LogP contribution < -0.4 is 5.43 Å². The second-order valence-electron chi connectivity index (χ2n) is 4.89. The number of carbonyl (C=O) groups excluding carboxylic acids is 1. The summed E-state index contributed by atoms with van der Waals surface area (Å²) < 4.78 is 0. The van der Waals surface area contributed by atoms with Gasteiger partial charge in [-0.1, -0.05) is 30.3 Å². The van der Waals surface area contributed by atoms with E-state index >= 15 is 0 Å². The van der Waals surface area contributed by atoms with E-state index in [1.54, 1.807) is 0 Å². The maximum atomic E-state index is 12.1. The number of aromatic amines is 1. The second-order valence-corrected chi connectivity index (χ2v) is 4.89. The van der Waals surface area contributed by atoms with Gasteiger partial charge in [-0.25, -0.2) is 5.43 Å². The highest BCUT2D eigenvalue weighted by Crippen LogP contribution is 2.22. The number of fused-ring (bicyclic) bond motifs is 1. The van der Waals surface area contributed by atoms with E-state index in [0.29, 0.717) is 5.69 Å². The number of carbonyl (C=O) groups is 1. The molecule has 102 valence electrons. The smallest absolute Gasteiger partial charge is 0.281 e. The molecule has 5 nitrogen and oxygen atoms in total. The number of benzene rings is 1. The molecule has 1 amide bonds. The predicted molar refractivity (Wildman–Crippen MR) is 76.7 cm³/mol. The van der Waals surface area contributed by atoms with Crippen LogP contribution in [0.2, 0.25) is 0 Å². The van der Waals surface area contributed by atoms with E-state index in [9.17, 15) is 4.79 Å². The molecule has 3 rings (SSSR count). The highest BCUT2D eigenvalue weighted by molar-refractivity contribution is 6.00. The molecular formula is C15H16N4O. The van der Waals surface area contributed by atoms with Crippen molar-refractivity contribution in [2.24, 2.45) is 5.10 Å². The van der Waals surface area contributed by atoms with Gasteiger partial charge in [0.1, 0.15) is 0 Å². The molecule has 0 atom stereocenters. The summed E-state index contributed by atoms with van der Waals surface area (Å²) in [6.45, 7) is 1.87. The van der Waals surface area contributed by atoms with Crippen molar-refractivity contribution >= 4 is 11.6 Å². The Hall–Kier alpha value is -2.43. The monoisotopic (exact) mass is 268 g/mol. The van der Waals surface area contributed by atoms with Gasteiger partial charge in [0.05, 0.1) is 5.71 Å². The number of aryl methyl sites for hydroxylation is 1. The third kappa shape index (κ3) is 2.34. The van der Waals surface area contributed by atoms with Gasteiger partial charge < -0.3 is 0 Å². The Balaban J connectivity index is 1.73. The third-order valence-electron chi connectivity index (χ3n) is 3.54. The maximum absolute atomic E-state index is 12.1. The van der Waals surface area contributed by atoms with E-state index < -0.39 is 0 Å². The van der Waals surface area contributed by atoms with Crippen LogP contribution in [-0.4, -0.2) is 21.8 Å². The summed E-state index contributed by atoms with van der Waals surface area (Å²) in [6, 6.07) is 9.74. The zero-order valence-electron chi connectivity index (χ0n) is 11.3. The molecule has 1 aliphatic rings. The zero-order valence-corrected chi connectivity index (χ0v) is 11.3. The number of nitrogens with one attached hydrogen (secondary N) is 2. The normalized spacial score (nSPS) is 14.2. The van der Waals surface area contributed by atoms with E-state index in [-0.39, 0.29) is 5.91 Å². The fraction of sp³-hybridized carbons (Fsp3) is 0.267. The molecule has 0 radical (unpaired) electrons. The zero-order chi connectivity index (χ0) is 13.9. The molecule has 0 spiro atoms. The minimum absolute atomic E-state index is 0.250. The summed E-state index contributed by atoms with van der Waals surface area (Å²) in [5.41, 5.74) is 6.93. The summed E-state index contributed by atoms with van der Waals surface area (Å²) in [6.07, 6.45) is 2.97. The lowest BCUT2D eigenvalue weighted by atomic mass is 10.1. The molecule has 0 saturated heterocycles. The Morgan fingerprint density at radius 1 is 1.30 bits per heavy atom. The molecule has 1 heterocycles. The molecule has 0 aliphatic heterocycles. The van der Waals surface area contributed by atoms with Gasteiger partial charge >= 0.3 is 0 Å². The van der Waals surface area contributed by atoms with Crippen molar-refractivity contribution in [3.05, 3.63) is 52.8 Å². The largest absolute Gasteiger partial charge is 0.292 e. The molecular weight excluding hydrogens is 252 g/mol. The number of aromatic nitrogens is 2. The van der Waals surface area contributed by atoms with Crippen molar-refractivity contribution in [3.63, 3.8) is 0 Å². The lowest BCUT2D eigenvalue weighted by Crippen LogP contribution is -2.21. The van der Waals surface area contributed by atoms with E-state index in [1.807, 2.05) is 37.3 Å². The first-order valence-corrected chi connectivity index (χ1v) is 6.72. The highest BCUT2D eigenvalue weighted by atomic mass is 16.2. The third-order valence-corrected chi connectivity index (χ3v) is 3.54. The molecule has 0 bridgehead atoms.